The van der Waals surface area contributed by atoms with Gasteiger partial charge in [-0.15, -0.1) is 0 Å². The third kappa shape index (κ3) is 4.64. The lowest BCUT2D eigenvalue weighted by Crippen LogP contribution is -2.30. The van der Waals surface area contributed by atoms with Crippen molar-refractivity contribution in [1.29, 1.82) is 0 Å². The molecular weight excluding hydrogens is 448 g/mol. The van der Waals surface area contributed by atoms with Gasteiger partial charge in [0.15, 0.2) is 0 Å². The third-order valence-corrected chi connectivity index (χ3v) is 3.36. The second kappa shape index (κ2) is 10.5. The fraction of sp³-hybridized carbons (Fsp3) is 0. The molecule has 0 unspecified atom stereocenters. The van der Waals surface area contributed by atoms with Gasteiger partial charge in [-0.25, -0.2) is 28.8 Å². The Balaban J connectivity index is 4.58. The van der Waals surface area contributed by atoms with Gasteiger partial charge in [0.25, 0.3) is 0 Å². The fourth-order valence-corrected chi connectivity index (χ4v) is 2.40. The monoisotopic (exact) mass is 454 g/mol. The lowest BCUT2D eigenvalue weighted by molar-refractivity contribution is -0.125. The average Bonchev–Trinajstić information content (AvgIpc) is 2.71. The molecule has 0 bridgehead atoms. The largest absolute Gasteiger partial charge is 0.478 e. The highest BCUT2D eigenvalue weighted by Gasteiger charge is 2.42. The van der Waals surface area contributed by atoms with Crippen LogP contribution >= 0.6 is 0 Å². The molecule has 16 nitrogen and oxygen atoms in total. The standard InChI is InChI=1S/C16H6O16/c17-1-29-13(25)7-5(11(21)22)6(12(23)24)8(14(26)30-2-18)10(16(28)32-4-20)9(7)15(27)31-3-19/h1-4H,(H,21,22)(H,23,24). The number of hydrogen-bond donors (Lipinski definition) is 2. The van der Waals surface area contributed by atoms with Gasteiger partial charge < -0.3 is 29.2 Å². The van der Waals surface area contributed by atoms with Crippen LogP contribution in [0, 0.1) is 0 Å². The number of carbonyl (C=O) groups excluding carboxylic acids is 8. The Bertz CT molecular complexity index is 993. The van der Waals surface area contributed by atoms with Crippen LogP contribution in [0.15, 0.2) is 0 Å². The van der Waals surface area contributed by atoms with Crippen molar-refractivity contribution in [3.05, 3.63) is 33.4 Å². The van der Waals surface area contributed by atoms with Gasteiger partial charge in [0.05, 0.1) is 33.4 Å². The van der Waals surface area contributed by atoms with Crippen LogP contribution in [0.2, 0.25) is 0 Å². The molecule has 1 aromatic carbocycles. The number of aromatic carboxylic acids is 2. The van der Waals surface area contributed by atoms with E-state index in [-0.39, 0.29) is 0 Å². The van der Waals surface area contributed by atoms with Crippen molar-refractivity contribution in [3.8, 4) is 0 Å². The first kappa shape index (κ1) is 24.8. The summed E-state index contributed by atoms with van der Waals surface area (Å²) in [7, 11) is 0. The maximum atomic E-state index is 12.3. The Morgan fingerprint density at radius 1 is 0.438 bits per heavy atom. The van der Waals surface area contributed by atoms with E-state index >= 15 is 0 Å². The predicted octanol–water partition coefficient (Wildman–Crippen LogP) is -1.66. The Kier molecular flexibility index (Phi) is 8.11. The van der Waals surface area contributed by atoms with E-state index in [4.69, 9.17) is 0 Å². The third-order valence-electron chi connectivity index (χ3n) is 3.36. The van der Waals surface area contributed by atoms with Crippen LogP contribution in [0.4, 0.5) is 0 Å². The van der Waals surface area contributed by atoms with Crippen molar-refractivity contribution in [3.63, 3.8) is 0 Å². The zero-order chi connectivity index (χ0) is 24.6. The molecular formula is C16H6O16. The second-order valence-corrected chi connectivity index (χ2v) is 4.87. The quantitative estimate of drug-likeness (QED) is 0.174. The number of ether oxygens (including phenoxy) is 4. The molecule has 0 aliphatic heterocycles. The van der Waals surface area contributed by atoms with Gasteiger partial charge >= 0.3 is 61.7 Å². The van der Waals surface area contributed by atoms with Gasteiger partial charge in [-0.05, 0) is 0 Å². The Morgan fingerprint density at radius 3 is 0.781 bits per heavy atom. The highest BCUT2D eigenvalue weighted by atomic mass is 16.6. The van der Waals surface area contributed by atoms with Gasteiger partial charge in [-0.1, -0.05) is 0 Å². The first-order valence-electron chi connectivity index (χ1n) is 7.37. The molecule has 0 heterocycles. The van der Waals surface area contributed by atoms with Crippen molar-refractivity contribution in [2.45, 2.75) is 0 Å². The minimum absolute atomic E-state index is 0.582. The van der Waals surface area contributed by atoms with Gasteiger partial charge in [-0.3, -0.25) is 19.2 Å². The smallest absolute Gasteiger partial charge is 0.347 e. The molecule has 0 amide bonds. The molecule has 0 aliphatic rings. The molecule has 0 fully saturated rings. The van der Waals surface area contributed by atoms with Crippen LogP contribution in [0.1, 0.15) is 62.1 Å². The van der Waals surface area contributed by atoms with Crippen LogP contribution in [0.5, 0.6) is 0 Å². The normalized spacial score (nSPS) is 9.50. The van der Waals surface area contributed by atoms with Gasteiger partial charge in [0.1, 0.15) is 0 Å². The number of benzene rings is 1. The number of carboxylic acid groups (broad SMARTS) is 2. The van der Waals surface area contributed by atoms with Crippen LogP contribution in [-0.2, 0) is 38.1 Å². The number of carboxylic acids is 2. The summed E-state index contributed by atoms with van der Waals surface area (Å²) >= 11 is 0. The molecule has 16 heteroatoms. The lowest BCUT2D eigenvalue weighted by Gasteiger charge is -2.18. The van der Waals surface area contributed by atoms with E-state index in [2.05, 4.69) is 18.9 Å². The van der Waals surface area contributed by atoms with E-state index in [1.54, 1.807) is 0 Å². The summed E-state index contributed by atoms with van der Waals surface area (Å²) in [6, 6.07) is 0. The van der Waals surface area contributed by atoms with Crippen molar-refractivity contribution in [1.82, 2.24) is 0 Å². The number of esters is 4. The minimum Gasteiger partial charge on any atom is -0.478 e. The highest BCUT2D eigenvalue weighted by molar-refractivity contribution is 6.24. The summed E-state index contributed by atoms with van der Waals surface area (Å²) in [6.45, 7) is -2.33. The number of rotatable bonds is 10. The SMILES string of the molecule is O=COC(=O)c1c(C(=O)O)c(C(=O)O)c(C(=O)OC=O)c(C(=O)OC=O)c1C(=O)OC=O. The van der Waals surface area contributed by atoms with E-state index in [0.717, 1.165) is 0 Å². The molecule has 0 spiro atoms. The Labute approximate surface area is 173 Å². The van der Waals surface area contributed by atoms with E-state index in [9.17, 15) is 58.2 Å². The zero-order valence-electron chi connectivity index (χ0n) is 14.9. The van der Waals surface area contributed by atoms with E-state index in [0.29, 0.717) is 0 Å². The van der Waals surface area contributed by atoms with Crippen LogP contribution < -0.4 is 0 Å². The predicted molar refractivity (Wildman–Crippen MR) is 86.3 cm³/mol. The molecule has 0 aliphatic carbocycles. The van der Waals surface area contributed by atoms with Crippen molar-refractivity contribution < 1.29 is 77.1 Å². The van der Waals surface area contributed by atoms with Crippen molar-refractivity contribution in [2.24, 2.45) is 0 Å². The van der Waals surface area contributed by atoms with E-state index in [1.165, 1.54) is 0 Å². The van der Waals surface area contributed by atoms with Gasteiger partial charge in [0, 0.05) is 0 Å². The highest BCUT2D eigenvalue weighted by Crippen LogP contribution is 2.32. The summed E-state index contributed by atoms with van der Waals surface area (Å²) in [4.78, 5) is 115. The molecule has 0 aromatic heterocycles. The summed E-state index contributed by atoms with van der Waals surface area (Å²) in [6.07, 6.45) is 0. The second-order valence-electron chi connectivity index (χ2n) is 4.87. The van der Waals surface area contributed by atoms with Gasteiger partial charge in [0.2, 0.25) is 0 Å². The fourth-order valence-electron chi connectivity index (χ4n) is 2.40. The number of carbonyl (C=O) groups is 10. The maximum Gasteiger partial charge on any atom is 0.347 e. The zero-order valence-corrected chi connectivity index (χ0v) is 14.9. The molecule has 0 saturated heterocycles. The lowest BCUT2D eigenvalue weighted by atomic mass is 9.85. The average molecular weight is 454 g/mol. The Hall–Kier alpha value is -5.28. The van der Waals surface area contributed by atoms with Gasteiger partial charge in [-0.2, -0.15) is 0 Å². The van der Waals surface area contributed by atoms with Crippen LogP contribution in [-0.4, -0.2) is 71.9 Å². The first-order valence-corrected chi connectivity index (χ1v) is 7.37. The van der Waals surface area contributed by atoms with E-state index < -0.39 is 95.1 Å². The molecule has 1 aromatic rings. The molecule has 1 rings (SSSR count). The van der Waals surface area contributed by atoms with Crippen LogP contribution in [0.3, 0.4) is 0 Å². The topological polar surface area (TPSA) is 248 Å². The summed E-state index contributed by atoms with van der Waals surface area (Å²) in [5.74, 6) is -12.9. The molecule has 0 radical (unpaired) electrons. The molecule has 166 valence electrons. The van der Waals surface area contributed by atoms with Crippen molar-refractivity contribution in [2.75, 3.05) is 0 Å². The molecule has 0 saturated carbocycles. The number of hydrogen-bond acceptors (Lipinski definition) is 14. The summed E-state index contributed by atoms with van der Waals surface area (Å²) < 4.78 is 15.6. The molecule has 0 atom stereocenters. The summed E-state index contributed by atoms with van der Waals surface area (Å²) in [5, 5.41) is 18.9. The minimum atomic E-state index is -2.34. The van der Waals surface area contributed by atoms with E-state index in [1.807, 2.05) is 0 Å². The maximum absolute atomic E-state index is 12.3. The van der Waals surface area contributed by atoms with Crippen LogP contribution in [0.25, 0.3) is 0 Å². The molecule has 2 N–H and O–H groups in total. The summed E-state index contributed by atoms with van der Waals surface area (Å²) in [5.41, 5.74) is -10.0. The first-order chi connectivity index (χ1) is 15.1. The van der Waals surface area contributed by atoms with Crippen molar-refractivity contribution >= 4 is 61.7 Å². The molecule has 32 heavy (non-hydrogen) atoms. The Morgan fingerprint density at radius 2 is 0.625 bits per heavy atom.